The molecule has 19 heavy (non-hydrogen) atoms. The van der Waals surface area contributed by atoms with Gasteiger partial charge in [-0.1, -0.05) is 0 Å². The predicted octanol–water partition coefficient (Wildman–Crippen LogP) is 1.58. The zero-order chi connectivity index (χ0) is 13.7. The number of nitrogens with one attached hydrogen (secondary N) is 1. The van der Waals surface area contributed by atoms with Crippen LogP contribution in [0.2, 0.25) is 0 Å². The Morgan fingerprint density at radius 3 is 2.47 bits per heavy atom. The highest BCUT2D eigenvalue weighted by Gasteiger charge is 2.14. The van der Waals surface area contributed by atoms with Gasteiger partial charge in [-0.3, -0.25) is 0 Å². The molecule has 2 aromatic rings. The molecule has 0 aliphatic heterocycles. The van der Waals surface area contributed by atoms with E-state index in [2.05, 4.69) is 20.2 Å². The first-order valence-corrected chi connectivity index (χ1v) is 5.48. The first-order chi connectivity index (χ1) is 9.30. The van der Waals surface area contributed by atoms with Crippen LogP contribution in [0.1, 0.15) is 5.56 Å². The maximum absolute atomic E-state index is 5.34. The van der Waals surface area contributed by atoms with E-state index < -0.39 is 0 Å². The summed E-state index contributed by atoms with van der Waals surface area (Å²) in [7, 11) is 4.68. The van der Waals surface area contributed by atoms with Gasteiger partial charge in [0.05, 0.1) is 21.3 Å². The number of H-pyrrole nitrogens is 1. The van der Waals surface area contributed by atoms with Crippen molar-refractivity contribution >= 4 is 12.2 Å². The molecule has 0 aliphatic rings. The second kappa shape index (κ2) is 5.85. The lowest BCUT2D eigenvalue weighted by Crippen LogP contribution is -1.98. The number of rotatable bonds is 5. The van der Waals surface area contributed by atoms with Gasteiger partial charge in [0, 0.05) is 11.8 Å². The Morgan fingerprint density at radius 2 is 1.89 bits per heavy atom. The number of nitrogens with zero attached hydrogens (tertiary/aromatic N) is 3. The van der Waals surface area contributed by atoms with Crippen LogP contribution >= 0.6 is 0 Å². The van der Waals surface area contributed by atoms with Crippen LogP contribution < -0.4 is 14.2 Å². The molecular formula is C12H14N4O3. The van der Waals surface area contributed by atoms with Gasteiger partial charge in [-0.2, -0.15) is 10.1 Å². The van der Waals surface area contributed by atoms with Gasteiger partial charge in [0.2, 0.25) is 11.7 Å². The number of aromatic nitrogens is 3. The van der Waals surface area contributed by atoms with Crippen LogP contribution in [0, 0.1) is 0 Å². The Hall–Kier alpha value is -2.57. The molecule has 0 amide bonds. The van der Waals surface area contributed by atoms with Crippen LogP contribution in [-0.2, 0) is 0 Å². The van der Waals surface area contributed by atoms with Crippen LogP contribution in [0.4, 0.5) is 5.95 Å². The molecule has 0 aliphatic carbocycles. The van der Waals surface area contributed by atoms with Gasteiger partial charge in [0.25, 0.3) is 0 Å². The van der Waals surface area contributed by atoms with Crippen LogP contribution in [0.5, 0.6) is 17.2 Å². The lowest BCUT2D eigenvalue weighted by atomic mass is 10.2. The molecule has 0 atom stereocenters. The van der Waals surface area contributed by atoms with Gasteiger partial charge in [0.1, 0.15) is 6.33 Å². The highest BCUT2D eigenvalue weighted by atomic mass is 16.5. The van der Waals surface area contributed by atoms with Crippen molar-refractivity contribution in [2.45, 2.75) is 0 Å². The summed E-state index contributed by atoms with van der Waals surface area (Å²) in [4.78, 5) is 8.05. The molecule has 0 bridgehead atoms. The molecule has 0 radical (unpaired) electrons. The first kappa shape index (κ1) is 12.9. The number of methoxy groups -OCH3 is 3. The molecule has 1 aromatic heterocycles. The van der Waals surface area contributed by atoms with Crippen LogP contribution in [0.25, 0.3) is 0 Å². The van der Waals surface area contributed by atoms with Gasteiger partial charge >= 0.3 is 0 Å². The molecule has 2 rings (SSSR count). The molecule has 0 unspecified atom stereocenters. The number of ether oxygens (including phenoxy) is 3. The van der Waals surface area contributed by atoms with Crippen molar-refractivity contribution in [3.05, 3.63) is 24.0 Å². The molecule has 1 aromatic carbocycles. The van der Waals surface area contributed by atoms with Crippen molar-refractivity contribution in [3.8, 4) is 17.2 Å². The third-order valence-corrected chi connectivity index (χ3v) is 2.46. The summed E-state index contributed by atoms with van der Waals surface area (Å²) in [6, 6.07) is 3.60. The van der Waals surface area contributed by atoms with Gasteiger partial charge in [0.15, 0.2) is 11.5 Å². The van der Waals surface area contributed by atoms with Crippen molar-refractivity contribution in [1.82, 2.24) is 15.2 Å². The standard InChI is InChI=1S/C12H14N4O3/c1-17-9-5-4-8(10(18-2)11(9)19-3)6-13-12-14-7-15-16-12/h4-7H,1-3H3,(H,14,15,16). The molecule has 0 spiro atoms. The summed E-state index contributed by atoms with van der Waals surface area (Å²) >= 11 is 0. The first-order valence-electron chi connectivity index (χ1n) is 5.48. The predicted molar refractivity (Wildman–Crippen MR) is 69.7 cm³/mol. The van der Waals surface area contributed by atoms with Crippen LogP contribution in [-0.4, -0.2) is 42.7 Å². The van der Waals surface area contributed by atoms with E-state index in [1.165, 1.54) is 6.33 Å². The van der Waals surface area contributed by atoms with Crippen LogP contribution in [0.15, 0.2) is 23.5 Å². The number of hydrogen-bond donors (Lipinski definition) is 1. The molecule has 0 fully saturated rings. The zero-order valence-electron chi connectivity index (χ0n) is 10.9. The van der Waals surface area contributed by atoms with Gasteiger partial charge in [-0.05, 0) is 12.1 Å². The fourth-order valence-corrected chi connectivity index (χ4v) is 1.62. The van der Waals surface area contributed by atoms with Gasteiger partial charge < -0.3 is 14.2 Å². The lowest BCUT2D eigenvalue weighted by Gasteiger charge is -2.13. The van der Waals surface area contributed by atoms with E-state index in [4.69, 9.17) is 14.2 Å². The van der Waals surface area contributed by atoms with Crippen LogP contribution in [0.3, 0.4) is 0 Å². The topological polar surface area (TPSA) is 81.6 Å². The van der Waals surface area contributed by atoms with Crippen molar-refractivity contribution in [1.29, 1.82) is 0 Å². The van der Waals surface area contributed by atoms with Crippen molar-refractivity contribution in [2.24, 2.45) is 4.99 Å². The van der Waals surface area contributed by atoms with E-state index in [0.717, 1.165) is 5.56 Å². The van der Waals surface area contributed by atoms with Crippen molar-refractivity contribution < 1.29 is 14.2 Å². The Kier molecular flexibility index (Phi) is 3.97. The largest absolute Gasteiger partial charge is 0.493 e. The normalized spacial score (nSPS) is 10.7. The molecule has 1 N–H and O–H groups in total. The van der Waals surface area contributed by atoms with Gasteiger partial charge in [-0.15, -0.1) is 0 Å². The SMILES string of the molecule is COc1ccc(C=Nc2ncn[nH]2)c(OC)c1OC. The zero-order valence-corrected chi connectivity index (χ0v) is 10.9. The summed E-state index contributed by atoms with van der Waals surface area (Å²) in [6.45, 7) is 0. The van der Waals surface area contributed by atoms with E-state index in [1.807, 2.05) is 6.07 Å². The minimum atomic E-state index is 0.414. The number of aromatic amines is 1. The Labute approximate surface area is 110 Å². The minimum Gasteiger partial charge on any atom is -0.493 e. The molecule has 0 saturated carbocycles. The summed E-state index contributed by atoms with van der Waals surface area (Å²) < 4.78 is 15.8. The quantitative estimate of drug-likeness (QED) is 0.827. The van der Waals surface area contributed by atoms with Crippen molar-refractivity contribution in [2.75, 3.05) is 21.3 Å². The monoisotopic (exact) mass is 262 g/mol. The fraction of sp³-hybridized carbons (Fsp3) is 0.250. The molecule has 1 heterocycles. The molecule has 7 heteroatoms. The summed E-state index contributed by atoms with van der Waals surface area (Å²) in [5, 5.41) is 6.35. The molecular weight excluding hydrogens is 248 g/mol. The number of benzene rings is 1. The fourth-order valence-electron chi connectivity index (χ4n) is 1.62. The van der Waals surface area contributed by atoms with E-state index in [1.54, 1.807) is 33.6 Å². The van der Waals surface area contributed by atoms with E-state index in [9.17, 15) is 0 Å². The Morgan fingerprint density at radius 1 is 1.11 bits per heavy atom. The lowest BCUT2D eigenvalue weighted by molar-refractivity contribution is 0.324. The summed E-state index contributed by atoms with van der Waals surface area (Å²) in [6.07, 6.45) is 3.00. The Bertz CT molecular complexity index is 567. The second-order valence-electron chi connectivity index (χ2n) is 3.49. The third-order valence-electron chi connectivity index (χ3n) is 2.46. The van der Waals surface area contributed by atoms with E-state index in [-0.39, 0.29) is 0 Å². The molecule has 100 valence electrons. The maximum Gasteiger partial charge on any atom is 0.245 e. The second-order valence-corrected chi connectivity index (χ2v) is 3.49. The number of hydrogen-bond acceptors (Lipinski definition) is 6. The minimum absolute atomic E-state index is 0.414. The smallest absolute Gasteiger partial charge is 0.245 e. The molecule has 0 saturated heterocycles. The molecule has 7 nitrogen and oxygen atoms in total. The average Bonchev–Trinajstić information content (AvgIpc) is 2.96. The van der Waals surface area contributed by atoms with E-state index in [0.29, 0.717) is 23.2 Å². The summed E-state index contributed by atoms with van der Waals surface area (Å²) in [5.74, 6) is 2.07. The Balaban J connectivity index is 2.40. The third kappa shape index (κ3) is 2.65. The number of aliphatic imine (C=N–C) groups is 1. The average molecular weight is 262 g/mol. The van der Waals surface area contributed by atoms with Crippen molar-refractivity contribution in [3.63, 3.8) is 0 Å². The highest BCUT2D eigenvalue weighted by Crippen LogP contribution is 2.39. The highest BCUT2D eigenvalue weighted by molar-refractivity contribution is 5.87. The summed E-state index contributed by atoms with van der Waals surface area (Å²) in [5.41, 5.74) is 0.747. The van der Waals surface area contributed by atoms with E-state index >= 15 is 0 Å². The maximum atomic E-state index is 5.34. The van der Waals surface area contributed by atoms with Gasteiger partial charge in [-0.25, -0.2) is 10.1 Å².